The molecule has 6 nitrogen and oxygen atoms in total. The van der Waals surface area contributed by atoms with Crippen LogP contribution in [0.3, 0.4) is 0 Å². The lowest BCUT2D eigenvalue weighted by Gasteiger charge is -2.30. The van der Waals surface area contributed by atoms with E-state index in [0.717, 1.165) is 30.0 Å². The number of hydrogen-bond donors (Lipinski definition) is 2. The highest BCUT2D eigenvalue weighted by Gasteiger charge is 2.28. The van der Waals surface area contributed by atoms with Crippen LogP contribution in [0.25, 0.3) is 0 Å². The van der Waals surface area contributed by atoms with E-state index < -0.39 is 5.91 Å². The molecule has 1 aromatic carbocycles. The fraction of sp³-hybridized carbons (Fsp3) is 0.350. The number of nitrogens with zero attached hydrogens (tertiary/aromatic N) is 1. The van der Waals surface area contributed by atoms with E-state index in [1.54, 1.807) is 24.3 Å². The molecule has 3 rings (SSSR count). The average Bonchev–Trinajstić information content (AvgIpc) is 2.98. The maximum Gasteiger partial charge on any atom is 0.256 e. The normalized spacial score (nSPS) is 14.1. The molecular weight excluding hydrogens is 362 g/mol. The van der Waals surface area contributed by atoms with Crippen molar-refractivity contribution in [2.75, 3.05) is 11.9 Å². The van der Waals surface area contributed by atoms with Crippen LogP contribution in [-0.2, 0) is 13.0 Å². The molecule has 0 aliphatic carbocycles. The summed E-state index contributed by atoms with van der Waals surface area (Å²) in [7, 11) is 0. The standard InChI is InChI=1S/C20H23N3O3S/c1-11(2)23-9-8-15-16(10-23)27-20(17(15)18(21)25)22-19(26)14-6-4-13(5-7-14)12(3)24/h4-7,11H,8-10H2,1-3H3,(H2,21,25)(H,22,26). The summed E-state index contributed by atoms with van der Waals surface area (Å²) in [4.78, 5) is 39.4. The Morgan fingerprint density at radius 2 is 1.78 bits per heavy atom. The first kappa shape index (κ1) is 19.3. The van der Waals surface area contributed by atoms with Gasteiger partial charge in [0.2, 0.25) is 0 Å². The van der Waals surface area contributed by atoms with E-state index in [0.29, 0.717) is 27.7 Å². The van der Waals surface area contributed by atoms with Crippen molar-refractivity contribution >= 4 is 33.9 Å². The van der Waals surface area contributed by atoms with Gasteiger partial charge in [0, 0.05) is 35.1 Å². The monoisotopic (exact) mass is 385 g/mol. The number of nitrogens with one attached hydrogen (secondary N) is 1. The van der Waals surface area contributed by atoms with Gasteiger partial charge in [-0.15, -0.1) is 11.3 Å². The van der Waals surface area contributed by atoms with Crippen molar-refractivity contribution in [3.63, 3.8) is 0 Å². The molecule has 7 heteroatoms. The Kier molecular flexibility index (Phi) is 5.43. The van der Waals surface area contributed by atoms with Gasteiger partial charge in [-0.05, 0) is 44.9 Å². The fourth-order valence-electron chi connectivity index (χ4n) is 3.24. The van der Waals surface area contributed by atoms with Crippen molar-refractivity contribution in [1.82, 2.24) is 4.90 Å². The lowest BCUT2D eigenvalue weighted by atomic mass is 10.0. The first-order valence-electron chi connectivity index (χ1n) is 8.88. The average molecular weight is 385 g/mol. The molecule has 142 valence electrons. The maximum atomic E-state index is 12.6. The molecule has 2 heterocycles. The number of rotatable bonds is 5. The quantitative estimate of drug-likeness (QED) is 0.774. The number of nitrogens with two attached hydrogens (primary N) is 1. The molecule has 0 bridgehead atoms. The molecular formula is C20H23N3O3S. The summed E-state index contributed by atoms with van der Waals surface area (Å²) < 4.78 is 0. The van der Waals surface area contributed by atoms with Gasteiger partial charge in [-0.25, -0.2) is 0 Å². The Hall–Kier alpha value is -2.51. The van der Waals surface area contributed by atoms with E-state index in [9.17, 15) is 14.4 Å². The van der Waals surface area contributed by atoms with Gasteiger partial charge < -0.3 is 11.1 Å². The minimum Gasteiger partial charge on any atom is -0.365 e. The zero-order valence-electron chi connectivity index (χ0n) is 15.7. The molecule has 0 saturated heterocycles. The van der Waals surface area contributed by atoms with E-state index in [1.807, 2.05) is 0 Å². The van der Waals surface area contributed by atoms with Gasteiger partial charge in [-0.3, -0.25) is 19.3 Å². The van der Waals surface area contributed by atoms with Gasteiger partial charge in [-0.2, -0.15) is 0 Å². The van der Waals surface area contributed by atoms with Crippen LogP contribution >= 0.6 is 11.3 Å². The van der Waals surface area contributed by atoms with E-state index in [4.69, 9.17) is 5.73 Å². The zero-order valence-corrected chi connectivity index (χ0v) is 16.5. The van der Waals surface area contributed by atoms with Crippen LogP contribution < -0.4 is 11.1 Å². The molecule has 27 heavy (non-hydrogen) atoms. The highest BCUT2D eigenvalue weighted by molar-refractivity contribution is 7.17. The van der Waals surface area contributed by atoms with Crippen LogP contribution in [0.2, 0.25) is 0 Å². The number of anilines is 1. The van der Waals surface area contributed by atoms with E-state index in [1.165, 1.54) is 18.3 Å². The Balaban J connectivity index is 1.87. The number of benzene rings is 1. The third kappa shape index (κ3) is 3.94. The van der Waals surface area contributed by atoms with E-state index in [2.05, 4.69) is 24.1 Å². The Labute approximate surface area is 162 Å². The molecule has 1 aliphatic rings. The minimum atomic E-state index is -0.521. The molecule has 0 spiro atoms. The number of hydrogen-bond acceptors (Lipinski definition) is 5. The third-order valence-corrected chi connectivity index (χ3v) is 5.98. The molecule has 0 unspecified atom stereocenters. The predicted molar refractivity (Wildman–Crippen MR) is 106 cm³/mol. The van der Waals surface area contributed by atoms with Gasteiger partial charge in [0.25, 0.3) is 11.8 Å². The SMILES string of the molecule is CC(=O)c1ccc(C(=O)Nc2sc3c(c2C(N)=O)CCN(C(C)C)C3)cc1. The summed E-state index contributed by atoms with van der Waals surface area (Å²) in [5.41, 5.74) is 7.95. The van der Waals surface area contributed by atoms with Gasteiger partial charge in [-0.1, -0.05) is 12.1 Å². The highest BCUT2D eigenvalue weighted by atomic mass is 32.1. The number of fused-ring (bicyclic) bond motifs is 1. The molecule has 0 saturated carbocycles. The number of ketones is 1. The predicted octanol–water partition coefficient (Wildman–Crippen LogP) is 3.07. The number of primary amides is 1. The summed E-state index contributed by atoms with van der Waals surface area (Å²) in [6, 6.07) is 6.85. The molecule has 2 amide bonds. The largest absolute Gasteiger partial charge is 0.365 e. The highest BCUT2D eigenvalue weighted by Crippen LogP contribution is 2.37. The van der Waals surface area contributed by atoms with Crippen molar-refractivity contribution in [1.29, 1.82) is 0 Å². The van der Waals surface area contributed by atoms with Crippen LogP contribution in [0.15, 0.2) is 24.3 Å². The lowest BCUT2D eigenvalue weighted by Crippen LogP contribution is -2.35. The van der Waals surface area contributed by atoms with Gasteiger partial charge in [0.1, 0.15) is 5.00 Å². The third-order valence-electron chi connectivity index (χ3n) is 4.84. The molecule has 1 aliphatic heterocycles. The van der Waals surface area contributed by atoms with Crippen molar-refractivity contribution in [2.24, 2.45) is 5.73 Å². The summed E-state index contributed by atoms with van der Waals surface area (Å²) in [6.45, 7) is 7.37. The van der Waals surface area contributed by atoms with Gasteiger partial charge in [0.05, 0.1) is 5.56 Å². The Morgan fingerprint density at radius 1 is 1.15 bits per heavy atom. The second-order valence-electron chi connectivity index (χ2n) is 6.97. The number of carbonyl (C=O) groups excluding carboxylic acids is 3. The second kappa shape index (κ2) is 7.62. The van der Waals surface area contributed by atoms with Crippen molar-refractivity contribution < 1.29 is 14.4 Å². The topological polar surface area (TPSA) is 92.5 Å². The summed E-state index contributed by atoms with van der Waals surface area (Å²) >= 11 is 1.41. The van der Waals surface area contributed by atoms with Crippen LogP contribution in [-0.4, -0.2) is 35.1 Å². The Bertz CT molecular complexity index is 900. The lowest BCUT2D eigenvalue weighted by molar-refractivity contribution is 0.0994. The smallest absolute Gasteiger partial charge is 0.256 e. The van der Waals surface area contributed by atoms with Crippen LogP contribution in [0.5, 0.6) is 0 Å². The Morgan fingerprint density at radius 3 is 2.33 bits per heavy atom. The van der Waals surface area contributed by atoms with Crippen LogP contribution in [0.4, 0.5) is 5.00 Å². The fourth-order valence-corrected chi connectivity index (χ4v) is 4.52. The maximum absolute atomic E-state index is 12.6. The summed E-state index contributed by atoms with van der Waals surface area (Å²) in [5, 5.41) is 3.33. The first-order valence-corrected chi connectivity index (χ1v) is 9.70. The molecule has 1 aromatic heterocycles. The first-order chi connectivity index (χ1) is 12.8. The van der Waals surface area contributed by atoms with Crippen molar-refractivity contribution in [3.8, 4) is 0 Å². The molecule has 0 atom stereocenters. The van der Waals surface area contributed by atoms with Crippen molar-refractivity contribution in [2.45, 2.75) is 39.8 Å². The van der Waals surface area contributed by atoms with Gasteiger partial charge in [0.15, 0.2) is 5.78 Å². The van der Waals surface area contributed by atoms with E-state index >= 15 is 0 Å². The number of amides is 2. The number of carbonyl (C=O) groups is 3. The number of thiophene rings is 1. The zero-order chi connectivity index (χ0) is 19.7. The van der Waals surface area contributed by atoms with Gasteiger partial charge >= 0.3 is 0 Å². The number of Topliss-reactive ketones (excluding diaryl/α,β-unsaturated/α-hetero) is 1. The molecule has 3 N–H and O–H groups in total. The molecule has 0 fully saturated rings. The second-order valence-corrected chi connectivity index (χ2v) is 8.08. The summed E-state index contributed by atoms with van der Waals surface area (Å²) in [5.74, 6) is -0.904. The minimum absolute atomic E-state index is 0.0568. The molecule has 0 radical (unpaired) electrons. The van der Waals surface area contributed by atoms with Crippen molar-refractivity contribution in [3.05, 3.63) is 51.4 Å². The molecule has 2 aromatic rings. The van der Waals surface area contributed by atoms with Crippen LogP contribution in [0.1, 0.15) is 62.3 Å². The summed E-state index contributed by atoms with van der Waals surface area (Å²) in [6.07, 6.45) is 0.742. The van der Waals surface area contributed by atoms with E-state index in [-0.39, 0.29) is 11.7 Å². The van der Waals surface area contributed by atoms with Crippen LogP contribution in [0, 0.1) is 0 Å².